The molecule has 0 aliphatic heterocycles. The number of hydrogen-bond acceptors (Lipinski definition) is 2. The Morgan fingerprint density at radius 2 is 1.82 bits per heavy atom. The van der Waals surface area contributed by atoms with Gasteiger partial charge in [0.15, 0.2) is 0 Å². The Bertz CT molecular complexity index is 336. The zero-order valence-electron chi connectivity index (χ0n) is 10.9. The van der Waals surface area contributed by atoms with Crippen molar-refractivity contribution in [2.45, 2.75) is 32.6 Å². The molecule has 17 heavy (non-hydrogen) atoms. The fourth-order valence-corrected chi connectivity index (χ4v) is 2.05. The molecule has 0 aliphatic carbocycles. The molecular formula is C15H22N2. The summed E-state index contributed by atoms with van der Waals surface area (Å²) in [6.45, 7) is 7.65. The summed E-state index contributed by atoms with van der Waals surface area (Å²) in [5, 5.41) is 9.20. The lowest BCUT2D eigenvalue weighted by Gasteiger charge is -2.18. The van der Waals surface area contributed by atoms with E-state index in [9.17, 15) is 5.26 Å². The van der Waals surface area contributed by atoms with Crippen LogP contribution in [0.4, 0.5) is 0 Å². The molecule has 0 saturated heterocycles. The van der Waals surface area contributed by atoms with Crippen LogP contribution in [0.15, 0.2) is 30.3 Å². The Balaban J connectivity index is 2.42. The van der Waals surface area contributed by atoms with E-state index in [2.05, 4.69) is 24.8 Å². The number of rotatable bonds is 7. The van der Waals surface area contributed by atoms with Gasteiger partial charge in [0.05, 0.1) is 12.0 Å². The normalized spacial score (nSPS) is 12.4. The van der Waals surface area contributed by atoms with Crippen molar-refractivity contribution >= 4 is 0 Å². The Labute approximate surface area is 105 Å². The van der Waals surface area contributed by atoms with Crippen molar-refractivity contribution in [2.24, 2.45) is 0 Å². The highest BCUT2D eigenvalue weighted by Crippen LogP contribution is 2.20. The molecule has 0 N–H and O–H groups in total. The Hall–Kier alpha value is -1.33. The fraction of sp³-hybridized carbons (Fsp3) is 0.533. The molecule has 0 unspecified atom stereocenters. The van der Waals surface area contributed by atoms with Crippen LogP contribution in [0.1, 0.15) is 38.2 Å². The molecule has 1 rings (SSSR count). The van der Waals surface area contributed by atoms with E-state index >= 15 is 0 Å². The molecule has 0 aliphatic rings. The predicted octanol–water partition coefficient (Wildman–Crippen LogP) is 3.42. The number of nitrogens with zero attached hydrogens (tertiary/aromatic N) is 2. The van der Waals surface area contributed by atoms with Crippen molar-refractivity contribution in [1.82, 2.24) is 4.90 Å². The molecule has 1 atom stereocenters. The van der Waals surface area contributed by atoms with Gasteiger partial charge < -0.3 is 4.90 Å². The lowest BCUT2D eigenvalue weighted by atomic mass is 9.96. The highest BCUT2D eigenvalue weighted by molar-refractivity contribution is 5.24. The number of hydrogen-bond donors (Lipinski definition) is 0. The standard InChI is InChI=1S/C15H22N2/c1-3-17(4-2)12-8-11-15(13-16)14-9-6-5-7-10-14/h5-7,9-10,15H,3-4,8,11-12H2,1-2H3/t15-/m0/s1. The zero-order valence-corrected chi connectivity index (χ0v) is 10.9. The Morgan fingerprint density at radius 3 is 2.35 bits per heavy atom. The van der Waals surface area contributed by atoms with Gasteiger partial charge in [-0.1, -0.05) is 44.2 Å². The first kappa shape index (κ1) is 13.7. The molecule has 1 aromatic rings. The summed E-state index contributed by atoms with van der Waals surface area (Å²) in [7, 11) is 0. The molecule has 0 amide bonds. The molecule has 92 valence electrons. The van der Waals surface area contributed by atoms with Crippen LogP contribution in [0.25, 0.3) is 0 Å². The third-order valence-corrected chi connectivity index (χ3v) is 3.22. The van der Waals surface area contributed by atoms with E-state index in [0.29, 0.717) is 0 Å². The van der Waals surface area contributed by atoms with Crippen LogP contribution >= 0.6 is 0 Å². The van der Waals surface area contributed by atoms with Crippen LogP contribution in [0.5, 0.6) is 0 Å². The highest BCUT2D eigenvalue weighted by Gasteiger charge is 2.10. The SMILES string of the molecule is CCN(CC)CCC[C@@H](C#N)c1ccccc1. The molecule has 0 fully saturated rings. The second-order valence-corrected chi connectivity index (χ2v) is 4.26. The lowest BCUT2D eigenvalue weighted by molar-refractivity contribution is 0.295. The molecular weight excluding hydrogens is 208 g/mol. The smallest absolute Gasteiger partial charge is 0.0713 e. The maximum atomic E-state index is 9.20. The highest BCUT2D eigenvalue weighted by atomic mass is 15.1. The van der Waals surface area contributed by atoms with Gasteiger partial charge >= 0.3 is 0 Å². The Kier molecular flexibility index (Phi) is 6.35. The average Bonchev–Trinajstić information content (AvgIpc) is 2.40. The van der Waals surface area contributed by atoms with Gasteiger partial charge in [0.1, 0.15) is 0 Å². The maximum Gasteiger partial charge on any atom is 0.0713 e. The molecule has 0 heterocycles. The largest absolute Gasteiger partial charge is 0.304 e. The van der Waals surface area contributed by atoms with Crippen LogP contribution < -0.4 is 0 Å². The van der Waals surface area contributed by atoms with Crippen LogP contribution in [0, 0.1) is 11.3 Å². The lowest BCUT2D eigenvalue weighted by Crippen LogP contribution is -2.24. The molecule has 0 spiro atoms. The predicted molar refractivity (Wildman–Crippen MR) is 71.8 cm³/mol. The van der Waals surface area contributed by atoms with Gasteiger partial charge in [-0.25, -0.2) is 0 Å². The number of benzene rings is 1. The molecule has 1 aromatic carbocycles. The van der Waals surface area contributed by atoms with Crippen molar-refractivity contribution in [1.29, 1.82) is 5.26 Å². The second kappa shape index (κ2) is 7.86. The van der Waals surface area contributed by atoms with E-state index in [1.54, 1.807) is 0 Å². The van der Waals surface area contributed by atoms with Gasteiger partial charge in [-0.2, -0.15) is 5.26 Å². The van der Waals surface area contributed by atoms with Crippen LogP contribution in [0.2, 0.25) is 0 Å². The van der Waals surface area contributed by atoms with E-state index in [1.165, 1.54) is 0 Å². The number of nitriles is 1. The van der Waals surface area contributed by atoms with Crippen LogP contribution in [-0.2, 0) is 0 Å². The van der Waals surface area contributed by atoms with Gasteiger partial charge in [-0.05, 0) is 38.0 Å². The minimum atomic E-state index is 0.0479. The molecule has 0 aromatic heterocycles. The van der Waals surface area contributed by atoms with Crippen molar-refractivity contribution < 1.29 is 0 Å². The summed E-state index contributed by atoms with van der Waals surface area (Å²) in [5.74, 6) is 0.0479. The van der Waals surface area contributed by atoms with Crippen molar-refractivity contribution in [3.63, 3.8) is 0 Å². The Morgan fingerprint density at radius 1 is 1.18 bits per heavy atom. The van der Waals surface area contributed by atoms with Crippen LogP contribution in [0.3, 0.4) is 0 Å². The van der Waals surface area contributed by atoms with Gasteiger partial charge in [0, 0.05) is 0 Å². The summed E-state index contributed by atoms with van der Waals surface area (Å²) in [6, 6.07) is 12.5. The average molecular weight is 230 g/mol. The second-order valence-electron chi connectivity index (χ2n) is 4.26. The van der Waals surface area contributed by atoms with E-state index in [0.717, 1.165) is 38.0 Å². The van der Waals surface area contributed by atoms with E-state index in [-0.39, 0.29) is 5.92 Å². The summed E-state index contributed by atoms with van der Waals surface area (Å²) in [6.07, 6.45) is 2.05. The van der Waals surface area contributed by atoms with Gasteiger partial charge in [0.25, 0.3) is 0 Å². The molecule has 0 saturated carbocycles. The van der Waals surface area contributed by atoms with E-state index < -0.39 is 0 Å². The fourth-order valence-electron chi connectivity index (χ4n) is 2.05. The van der Waals surface area contributed by atoms with Gasteiger partial charge in [-0.15, -0.1) is 0 Å². The van der Waals surface area contributed by atoms with Crippen molar-refractivity contribution in [3.05, 3.63) is 35.9 Å². The van der Waals surface area contributed by atoms with Gasteiger partial charge in [-0.3, -0.25) is 0 Å². The summed E-state index contributed by atoms with van der Waals surface area (Å²) >= 11 is 0. The maximum absolute atomic E-state index is 9.20. The third-order valence-electron chi connectivity index (χ3n) is 3.22. The summed E-state index contributed by atoms with van der Waals surface area (Å²) in [5.41, 5.74) is 1.15. The quantitative estimate of drug-likeness (QED) is 0.717. The third kappa shape index (κ3) is 4.58. The minimum Gasteiger partial charge on any atom is -0.304 e. The molecule has 2 heteroatoms. The van der Waals surface area contributed by atoms with E-state index in [4.69, 9.17) is 0 Å². The topological polar surface area (TPSA) is 27.0 Å². The van der Waals surface area contributed by atoms with Crippen molar-refractivity contribution in [3.8, 4) is 6.07 Å². The monoisotopic (exact) mass is 230 g/mol. The zero-order chi connectivity index (χ0) is 12.5. The summed E-state index contributed by atoms with van der Waals surface area (Å²) < 4.78 is 0. The van der Waals surface area contributed by atoms with Crippen molar-refractivity contribution in [2.75, 3.05) is 19.6 Å². The first-order valence-electron chi connectivity index (χ1n) is 6.48. The van der Waals surface area contributed by atoms with Crippen LogP contribution in [-0.4, -0.2) is 24.5 Å². The first-order chi connectivity index (χ1) is 8.31. The molecule has 0 bridgehead atoms. The summed E-state index contributed by atoms with van der Waals surface area (Å²) in [4.78, 5) is 2.40. The molecule has 0 radical (unpaired) electrons. The van der Waals surface area contributed by atoms with E-state index in [1.807, 2.05) is 30.3 Å². The minimum absolute atomic E-state index is 0.0479. The molecule has 2 nitrogen and oxygen atoms in total. The van der Waals surface area contributed by atoms with Gasteiger partial charge in [0.2, 0.25) is 0 Å². The first-order valence-corrected chi connectivity index (χ1v) is 6.48.